The first-order valence-corrected chi connectivity index (χ1v) is 10.7. The molecule has 1 aromatic rings. The van der Waals surface area contributed by atoms with Crippen molar-refractivity contribution in [1.29, 1.82) is 0 Å². The van der Waals surface area contributed by atoms with Gasteiger partial charge in [-0.3, -0.25) is 4.67 Å². The molecule has 1 saturated heterocycles. The fourth-order valence-electron chi connectivity index (χ4n) is 3.03. The zero-order valence-corrected chi connectivity index (χ0v) is 15.3. The molecule has 0 bridgehead atoms. The Morgan fingerprint density at radius 1 is 1.30 bits per heavy atom. The Morgan fingerprint density at radius 3 is 2.78 bits per heavy atom. The van der Waals surface area contributed by atoms with Gasteiger partial charge in [0, 0.05) is 0 Å². The molecule has 1 aliphatic heterocycles. The number of aryl methyl sites for hydroxylation is 1. The minimum atomic E-state index is -2.55. The molecule has 1 aliphatic carbocycles. The number of nitrogens with zero attached hydrogens (tertiary/aromatic N) is 2. The van der Waals surface area contributed by atoms with Crippen molar-refractivity contribution in [2.24, 2.45) is 4.99 Å². The van der Waals surface area contributed by atoms with Crippen molar-refractivity contribution in [1.82, 2.24) is 4.67 Å². The smallest absolute Gasteiger partial charge is 0.295 e. The van der Waals surface area contributed by atoms with Crippen LogP contribution in [0.25, 0.3) is 0 Å². The predicted octanol–water partition coefficient (Wildman–Crippen LogP) is 3.66. The molecule has 1 atom stereocenters. The van der Waals surface area contributed by atoms with E-state index in [1.807, 2.05) is 18.5 Å². The summed E-state index contributed by atoms with van der Waals surface area (Å²) in [7, 11) is 0. The molecule has 23 heavy (non-hydrogen) atoms. The lowest BCUT2D eigenvalue weighted by Crippen LogP contribution is -2.25. The molecule has 5 nitrogen and oxygen atoms in total. The van der Waals surface area contributed by atoms with E-state index >= 15 is 0 Å². The highest BCUT2D eigenvalue weighted by Gasteiger charge is 2.37. The summed E-state index contributed by atoms with van der Waals surface area (Å²) in [5.74, 6) is 0. The second-order valence-electron chi connectivity index (χ2n) is 5.44. The monoisotopic (exact) mass is 354 g/mol. The van der Waals surface area contributed by atoms with Crippen molar-refractivity contribution >= 4 is 24.5 Å². The summed E-state index contributed by atoms with van der Waals surface area (Å²) in [6, 6.07) is 9.18. The standard InChI is InChI=1S/C16H23N2O3PS/c1-3-20-22(23,21-4-2)18-11-12-19-16(18)17-15-10-9-13-7-5-6-8-14(13)15/h5-8,15H,3-4,9-12H2,1-2H3. The van der Waals surface area contributed by atoms with E-state index in [0.29, 0.717) is 32.4 Å². The number of fused-ring (bicyclic) bond motifs is 1. The first kappa shape index (κ1) is 16.9. The van der Waals surface area contributed by atoms with Crippen molar-refractivity contribution < 1.29 is 13.8 Å². The second kappa shape index (κ2) is 7.31. The minimum Gasteiger partial charge on any atom is -0.463 e. The Kier molecular flexibility index (Phi) is 5.37. The van der Waals surface area contributed by atoms with Gasteiger partial charge < -0.3 is 13.8 Å². The van der Waals surface area contributed by atoms with Gasteiger partial charge in [-0.05, 0) is 49.6 Å². The third kappa shape index (κ3) is 3.45. The van der Waals surface area contributed by atoms with Crippen LogP contribution in [0.15, 0.2) is 29.3 Å². The van der Waals surface area contributed by atoms with Crippen LogP contribution in [0.1, 0.15) is 37.4 Å². The average Bonchev–Trinajstić information content (AvgIpc) is 3.16. The topological polar surface area (TPSA) is 43.3 Å². The zero-order chi connectivity index (χ0) is 16.3. The Labute approximate surface area is 142 Å². The molecule has 1 unspecified atom stereocenters. The van der Waals surface area contributed by atoms with Gasteiger partial charge in [-0.15, -0.1) is 0 Å². The van der Waals surface area contributed by atoms with E-state index in [-0.39, 0.29) is 6.04 Å². The maximum atomic E-state index is 5.79. The molecule has 0 spiro atoms. The maximum absolute atomic E-state index is 5.79. The molecule has 126 valence electrons. The normalized spacial score (nSPS) is 22.4. The Morgan fingerprint density at radius 2 is 2.04 bits per heavy atom. The quantitative estimate of drug-likeness (QED) is 0.730. The number of hydrogen-bond acceptors (Lipinski definition) is 5. The summed E-state index contributed by atoms with van der Waals surface area (Å²) < 4.78 is 19.3. The van der Waals surface area contributed by atoms with Gasteiger partial charge in [-0.25, -0.2) is 4.99 Å². The molecule has 1 fully saturated rings. The lowest BCUT2D eigenvalue weighted by Gasteiger charge is -2.29. The molecular formula is C16H23N2O3PS. The van der Waals surface area contributed by atoms with Crippen LogP contribution in [-0.2, 0) is 32.0 Å². The van der Waals surface area contributed by atoms with Gasteiger partial charge in [0.25, 0.3) is 12.7 Å². The molecule has 0 aromatic heterocycles. The summed E-state index contributed by atoms with van der Waals surface area (Å²) >= 11 is 5.69. The number of ether oxygens (including phenoxy) is 1. The summed E-state index contributed by atoms with van der Waals surface area (Å²) in [5, 5.41) is 0. The number of rotatable bonds is 6. The summed E-state index contributed by atoms with van der Waals surface area (Å²) in [4.78, 5) is 4.85. The van der Waals surface area contributed by atoms with E-state index in [2.05, 4.69) is 24.3 Å². The fraction of sp³-hybridized carbons (Fsp3) is 0.562. The first-order valence-electron chi connectivity index (χ1n) is 8.13. The van der Waals surface area contributed by atoms with Crippen LogP contribution < -0.4 is 0 Å². The van der Waals surface area contributed by atoms with E-state index in [1.54, 1.807) is 0 Å². The molecule has 2 aliphatic rings. The molecular weight excluding hydrogens is 331 g/mol. The Balaban J connectivity index is 1.86. The van der Waals surface area contributed by atoms with Crippen molar-refractivity contribution in [3.63, 3.8) is 0 Å². The van der Waals surface area contributed by atoms with Crippen LogP contribution in [0.2, 0.25) is 0 Å². The van der Waals surface area contributed by atoms with E-state index < -0.39 is 6.64 Å². The van der Waals surface area contributed by atoms with Crippen molar-refractivity contribution in [2.75, 3.05) is 26.4 Å². The SMILES string of the molecule is CCOP(=S)(OCC)N1CCOC1=NC1CCc2ccccc21. The predicted molar refractivity (Wildman–Crippen MR) is 95.1 cm³/mol. The molecule has 7 heteroatoms. The third-order valence-electron chi connectivity index (χ3n) is 4.00. The van der Waals surface area contributed by atoms with Crippen molar-refractivity contribution in [3.05, 3.63) is 35.4 Å². The Hall–Kier alpha value is -0.940. The lowest BCUT2D eigenvalue weighted by molar-refractivity contribution is 0.240. The lowest BCUT2D eigenvalue weighted by atomic mass is 10.1. The fourth-order valence-corrected chi connectivity index (χ4v) is 5.77. The van der Waals surface area contributed by atoms with Gasteiger partial charge in [-0.2, -0.15) is 0 Å². The summed E-state index contributed by atoms with van der Waals surface area (Å²) in [5.41, 5.74) is 2.66. The van der Waals surface area contributed by atoms with Gasteiger partial charge in [0.2, 0.25) is 0 Å². The average molecular weight is 354 g/mol. The summed E-state index contributed by atoms with van der Waals surface area (Å²) in [6.45, 7) is 3.60. The van der Waals surface area contributed by atoms with E-state index in [9.17, 15) is 0 Å². The maximum Gasteiger partial charge on any atom is 0.295 e. The molecule has 1 heterocycles. The molecule has 0 N–H and O–H groups in total. The van der Waals surface area contributed by atoms with Gasteiger partial charge in [0.15, 0.2) is 0 Å². The number of aliphatic imine (C=N–C) groups is 1. The zero-order valence-electron chi connectivity index (χ0n) is 13.6. The number of benzene rings is 1. The summed E-state index contributed by atoms with van der Waals surface area (Å²) in [6.07, 6.45) is 2.06. The molecule has 1 aromatic carbocycles. The highest BCUT2D eigenvalue weighted by molar-refractivity contribution is 8.09. The Bertz CT molecular complexity index is 628. The second-order valence-corrected chi connectivity index (χ2v) is 8.76. The minimum absolute atomic E-state index is 0.133. The number of hydrogen-bond donors (Lipinski definition) is 0. The van der Waals surface area contributed by atoms with Crippen LogP contribution in [0.5, 0.6) is 0 Å². The highest BCUT2D eigenvalue weighted by atomic mass is 32.5. The molecule has 0 amide bonds. The van der Waals surface area contributed by atoms with E-state index in [0.717, 1.165) is 12.8 Å². The van der Waals surface area contributed by atoms with Crippen LogP contribution >= 0.6 is 6.64 Å². The molecule has 0 saturated carbocycles. The first-order chi connectivity index (χ1) is 11.2. The van der Waals surface area contributed by atoms with Gasteiger partial charge in [0.05, 0.1) is 25.8 Å². The largest absolute Gasteiger partial charge is 0.463 e. The molecule has 0 radical (unpaired) electrons. The van der Waals surface area contributed by atoms with Crippen LogP contribution in [0, 0.1) is 0 Å². The third-order valence-corrected chi connectivity index (χ3v) is 7.36. The van der Waals surface area contributed by atoms with Gasteiger partial charge in [0.1, 0.15) is 6.61 Å². The van der Waals surface area contributed by atoms with Crippen LogP contribution in [-0.4, -0.2) is 37.1 Å². The van der Waals surface area contributed by atoms with E-state index in [1.165, 1.54) is 11.1 Å². The highest BCUT2D eigenvalue weighted by Crippen LogP contribution is 2.54. The van der Waals surface area contributed by atoms with Gasteiger partial charge >= 0.3 is 0 Å². The number of amidine groups is 1. The van der Waals surface area contributed by atoms with Crippen molar-refractivity contribution in [2.45, 2.75) is 32.7 Å². The van der Waals surface area contributed by atoms with Crippen LogP contribution in [0.4, 0.5) is 0 Å². The van der Waals surface area contributed by atoms with Crippen LogP contribution in [0.3, 0.4) is 0 Å². The van der Waals surface area contributed by atoms with Gasteiger partial charge in [-0.1, -0.05) is 24.3 Å². The van der Waals surface area contributed by atoms with E-state index in [4.69, 9.17) is 30.6 Å². The van der Waals surface area contributed by atoms with Crippen molar-refractivity contribution in [3.8, 4) is 0 Å². The molecule has 3 rings (SSSR count).